The summed E-state index contributed by atoms with van der Waals surface area (Å²) < 4.78 is 11.1. The molecular weight excluding hydrogens is 390 g/mol. The van der Waals surface area contributed by atoms with Crippen molar-refractivity contribution in [1.82, 2.24) is 9.97 Å². The van der Waals surface area contributed by atoms with Gasteiger partial charge in [0.15, 0.2) is 0 Å². The van der Waals surface area contributed by atoms with E-state index in [0.29, 0.717) is 18.3 Å². The molecule has 1 aliphatic heterocycles. The molecule has 0 unspecified atom stereocenters. The van der Waals surface area contributed by atoms with E-state index in [0.717, 1.165) is 58.6 Å². The van der Waals surface area contributed by atoms with Crippen LogP contribution in [0.15, 0.2) is 42.6 Å². The lowest BCUT2D eigenvalue weighted by molar-refractivity contribution is -0.119. The highest BCUT2D eigenvalue weighted by molar-refractivity contribution is 6.02. The number of anilines is 2. The van der Waals surface area contributed by atoms with Gasteiger partial charge in [0.2, 0.25) is 11.8 Å². The second kappa shape index (κ2) is 7.69. The third-order valence-corrected chi connectivity index (χ3v) is 5.83. The van der Waals surface area contributed by atoms with Crippen LogP contribution in [0.2, 0.25) is 0 Å². The Bertz CT molecular complexity index is 1170. The quantitative estimate of drug-likeness (QED) is 0.600. The molecule has 2 aromatic heterocycles. The Kier molecular flexibility index (Phi) is 4.85. The molecule has 0 N–H and O–H groups in total. The van der Waals surface area contributed by atoms with Crippen molar-refractivity contribution in [2.24, 2.45) is 5.92 Å². The van der Waals surface area contributed by atoms with E-state index in [1.165, 1.54) is 0 Å². The summed E-state index contributed by atoms with van der Waals surface area (Å²) in [5.74, 6) is 2.19. The second-order valence-corrected chi connectivity index (χ2v) is 8.24. The number of carbonyl (C=O) groups is 1. The number of methoxy groups -OCH3 is 1. The van der Waals surface area contributed by atoms with E-state index in [1.807, 2.05) is 44.2 Å². The standard InChI is InChI=1S/C25H25N3O3/c1-15-12-20(24(30-3)26-14-15)23-16(2)4-9-22(27-23)28(25(29)17-5-6-17)19-7-8-21-18(13-19)10-11-31-21/h4,7-9,12-14,17H,5-6,10-11H2,1-3H3. The van der Waals surface area contributed by atoms with E-state index < -0.39 is 0 Å². The fourth-order valence-corrected chi connectivity index (χ4v) is 4.00. The van der Waals surface area contributed by atoms with Gasteiger partial charge in [-0.15, -0.1) is 0 Å². The summed E-state index contributed by atoms with van der Waals surface area (Å²) in [6, 6.07) is 11.9. The zero-order valence-electron chi connectivity index (χ0n) is 18.0. The summed E-state index contributed by atoms with van der Waals surface area (Å²) >= 11 is 0. The van der Waals surface area contributed by atoms with Gasteiger partial charge in [0.05, 0.1) is 30.7 Å². The van der Waals surface area contributed by atoms with Gasteiger partial charge in [-0.25, -0.2) is 9.97 Å². The maximum Gasteiger partial charge on any atom is 0.235 e. The maximum atomic E-state index is 13.3. The molecule has 0 bridgehead atoms. The van der Waals surface area contributed by atoms with Crippen molar-refractivity contribution < 1.29 is 14.3 Å². The Morgan fingerprint density at radius 2 is 2.00 bits per heavy atom. The number of aryl methyl sites for hydroxylation is 2. The number of fused-ring (bicyclic) bond motifs is 1. The largest absolute Gasteiger partial charge is 0.493 e. The predicted molar refractivity (Wildman–Crippen MR) is 119 cm³/mol. The van der Waals surface area contributed by atoms with Crippen LogP contribution in [-0.4, -0.2) is 29.6 Å². The van der Waals surface area contributed by atoms with E-state index in [1.54, 1.807) is 18.2 Å². The lowest BCUT2D eigenvalue weighted by Crippen LogP contribution is -2.28. The van der Waals surface area contributed by atoms with Crippen LogP contribution < -0.4 is 14.4 Å². The molecule has 3 aromatic rings. The van der Waals surface area contributed by atoms with Gasteiger partial charge in [0.1, 0.15) is 11.6 Å². The summed E-state index contributed by atoms with van der Waals surface area (Å²) in [7, 11) is 1.61. The van der Waals surface area contributed by atoms with Gasteiger partial charge in [-0.1, -0.05) is 6.07 Å². The minimum atomic E-state index is 0.0613. The molecular formula is C25H25N3O3. The van der Waals surface area contributed by atoms with Gasteiger partial charge in [0, 0.05) is 18.5 Å². The minimum Gasteiger partial charge on any atom is -0.493 e. The van der Waals surface area contributed by atoms with Crippen LogP contribution in [0.3, 0.4) is 0 Å². The Morgan fingerprint density at radius 1 is 1.16 bits per heavy atom. The van der Waals surface area contributed by atoms with Crippen LogP contribution in [0.5, 0.6) is 11.6 Å². The highest BCUT2D eigenvalue weighted by Gasteiger charge is 2.36. The summed E-state index contributed by atoms with van der Waals surface area (Å²) in [6.07, 6.45) is 4.49. The van der Waals surface area contributed by atoms with Gasteiger partial charge in [0.25, 0.3) is 0 Å². The highest BCUT2D eigenvalue weighted by Crippen LogP contribution is 2.39. The van der Waals surface area contributed by atoms with Crippen LogP contribution in [0.25, 0.3) is 11.3 Å². The Balaban J connectivity index is 1.63. The second-order valence-electron chi connectivity index (χ2n) is 8.24. The number of hydrogen-bond donors (Lipinski definition) is 0. The van der Waals surface area contributed by atoms with Gasteiger partial charge in [-0.3, -0.25) is 9.69 Å². The molecule has 3 heterocycles. The molecule has 2 aliphatic rings. The summed E-state index contributed by atoms with van der Waals surface area (Å²) in [4.78, 5) is 24.4. The van der Waals surface area contributed by atoms with Crippen molar-refractivity contribution in [3.05, 3.63) is 59.3 Å². The first-order valence-corrected chi connectivity index (χ1v) is 10.6. The smallest absolute Gasteiger partial charge is 0.235 e. The summed E-state index contributed by atoms with van der Waals surface area (Å²) in [5.41, 5.74) is 5.56. The van der Waals surface area contributed by atoms with Crippen molar-refractivity contribution in [2.75, 3.05) is 18.6 Å². The van der Waals surface area contributed by atoms with Crippen molar-refractivity contribution >= 4 is 17.4 Å². The van der Waals surface area contributed by atoms with Crippen LogP contribution in [0.4, 0.5) is 11.5 Å². The fraction of sp³-hybridized carbons (Fsp3) is 0.320. The maximum absolute atomic E-state index is 13.3. The molecule has 6 nitrogen and oxygen atoms in total. The van der Waals surface area contributed by atoms with Crippen molar-refractivity contribution in [3.63, 3.8) is 0 Å². The minimum absolute atomic E-state index is 0.0613. The first-order chi connectivity index (χ1) is 15.0. The zero-order chi connectivity index (χ0) is 21.5. The van der Waals surface area contributed by atoms with Gasteiger partial charge in [-0.2, -0.15) is 0 Å². The SMILES string of the molecule is COc1ncc(C)cc1-c1nc(N(C(=O)C2CC2)c2ccc3c(c2)CCO3)ccc1C. The number of nitrogens with zero attached hydrogens (tertiary/aromatic N) is 3. The number of benzene rings is 1. The molecule has 158 valence electrons. The molecule has 31 heavy (non-hydrogen) atoms. The summed E-state index contributed by atoms with van der Waals surface area (Å²) in [5, 5.41) is 0. The third kappa shape index (κ3) is 3.63. The molecule has 0 atom stereocenters. The number of hydrogen-bond acceptors (Lipinski definition) is 5. The third-order valence-electron chi connectivity index (χ3n) is 5.83. The molecule has 1 aromatic carbocycles. The normalized spacial score (nSPS) is 14.7. The number of rotatable bonds is 5. The Hall–Kier alpha value is -3.41. The molecule has 1 aliphatic carbocycles. The Labute approximate surface area is 181 Å². The van der Waals surface area contributed by atoms with Gasteiger partial charge < -0.3 is 9.47 Å². The monoisotopic (exact) mass is 415 g/mol. The molecule has 0 radical (unpaired) electrons. The van der Waals surface area contributed by atoms with Crippen molar-refractivity contribution in [3.8, 4) is 22.9 Å². The zero-order valence-corrected chi connectivity index (χ0v) is 18.0. The van der Waals surface area contributed by atoms with Crippen LogP contribution in [0.1, 0.15) is 29.5 Å². The lowest BCUT2D eigenvalue weighted by Gasteiger charge is -2.24. The number of ether oxygens (including phenoxy) is 2. The van der Waals surface area contributed by atoms with Gasteiger partial charge >= 0.3 is 0 Å². The molecule has 1 amide bonds. The fourth-order valence-electron chi connectivity index (χ4n) is 4.00. The number of pyridine rings is 2. The molecule has 1 saturated carbocycles. The topological polar surface area (TPSA) is 64.6 Å². The first-order valence-electron chi connectivity index (χ1n) is 10.6. The van der Waals surface area contributed by atoms with E-state index >= 15 is 0 Å². The highest BCUT2D eigenvalue weighted by atomic mass is 16.5. The molecule has 0 spiro atoms. The summed E-state index contributed by atoms with van der Waals surface area (Å²) in [6.45, 7) is 4.68. The molecule has 0 saturated heterocycles. The van der Waals surface area contributed by atoms with E-state index in [2.05, 4.69) is 11.1 Å². The van der Waals surface area contributed by atoms with E-state index in [4.69, 9.17) is 14.5 Å². The number of aromatic nitrogens is 2. The Morgan fingerprint density at radius 3 is 2.77 bits per heavy atom. The first kappa shape index (κ1) is 19.5. The number of amides is 1. The van der Waals surface area contributed by atoms with Crippen LogP contribution >= 0.6 is 0 Å². The molecule has 1 fully saturated rings. The molecule has 5 rings (SSSR count). The van der Waals surface area contributed by atoms with Crippen molar-refractivity contribution in [2.45, 2.75) is 33.1 Å². The van der Waals surface area contributed by atoms with Crippen molar-refractivity contribution in [1.29, 1.82) is 0 Å². The lowest BCUT2D eigenvalue weighted by atomic mass is 10.1. The number of carbonyl (C=O) groups excluding carboxylic acids is 1. The average molecular weight is 415 g/mol. The molecule has 6 heteroatoms. The predicted octanol–water partition coefficient (Wildman–Crippen LogP) is 4.78. The van der Waals surface area contributed by atoms with Crippen LogP contribution in [-0.2, 0) is 11.2 Å². The average Bonchev–Trinajstić information content (AvgIpc) is 3.52. The van der Waals surface area contributed by atoms with E-state index in [-0.39, 0.29) is 11.8 Å². The van der Waals surface area contributed by atoms with Crippen LogP contribution in [0, 0.1) is 19.8 Å². The van der Waals surface area contributed by atoms with E-state index in [9.17, 15) is 4.79 Å². The van der Waals surface area contributed by atoms with Gasteiger partial charge in [-0.05, 0) is 73.7 Å².